The minimum atomic E-state index is -0.351. The molecule has 0 N–H and O–H groups in total. The number of ketones is 1. The fraction of sp³-hybridized carbons (Fsp3) is 0.714. The van der Waals surface area contributed by atoms with E-state index >= 15 is 0 Å². The maximum absolute atomic E-state index is 11.7. The lowest BCUT2D eigenvalue weighted by atomic mass is 9.96. The van der Waals surface area contributed by atoms with Gasteiger partial charge in [-0.2, -0.15) is 0 Å². The number of ether oxygens (including phenoxy) is 1. The van der Waals surface area contributed by atoms with Crippen LogP contribution in [0.4, 0.5) is 0 Å². The van der Waals surface area contributed by atoms with E-state index in [1.54, 1.807) is 6.08 Å². The fourth-order valence-corrected chi connectivity index (χ4v) is 1.76. The van der Waals surface area contributed by atoms with Crippen molar-refractivity contribution in [1.82, 2.24) is 0 Å². The molecule has 0 aromatic heterocycles. The SMILES string of the molecule is C=CCC(CC(=O)CCCCCC)C(=O)OC. The minimum Gasteiger partial charge on any atom is -0.469 e. The monoisotopic (exact) mass is 240 g/mol. The molecule has 17 heavy (non-hydrogen) atoms. The summed E-state index contributed by atoms with van der Waals surface area (Å²) in [6, 6.07) is 0. The fourth-order valence-electron chi connectivity index (χ4n) is 1.76. The number of unbranched alkanes of at least 4 members (excludes halogenated alkanes) is 3. The first kappa shape index (κ1) is 15.9. The molecule has 0 spiro atoms. The number of hydrogen-bond acceptors (Lipinski definition) is 3. The molecule has 0 aliphatic rings. The second-order valence-electron chi connectivity index (χ2n) is 4.30. The number of carbonyl (C=O) groups excluding carboxylic acids is 2. The van der Waals surface area contributed by atoms with Gasteiger partial charge in [0.25, 0.3) is 0 Å². The Labute approximate surface area is 104 Å². The molecule has 0 rings (SSSR count). The molecule has 0 aromatic carbocycles. The molecular formula is C14H24O3. The van der Waals surface area contributed by atoms with E-state index in [4.69, 9.17) is 0 Å². The molecule has 0 fully saturated rings. The number of rotatable bonds is 10. The van der Waals surface area contributed by atoms with Gasteiger partial charge < -0.3 is 4.74 Å². The molecule has 3 nitrogen and oxygen atoms in total. The molecule has 0 aliphatic carbocycles. The van der Waals surface area contributed by atoms with E-state index < -0.39 is 0 Å². The Bertz CT molecular complexity index is 246. The Kier molecular flexibility index (Phi) is 9.40. The van der Waals surface area contributed by atoms with Crippen LogP contribution in [-0.4, -0.2) is 18.9 Å². The lowest BCUT2D eigenvalue weighted by molar-refractivity contribution is -0.147. The van der Waals surface area contributed by atoms with Gasteiger partial charge in [0, 0.05) is 12.8 Å². The summed E-state index contributed by atoms with van der Waals surface area (Å²) in [5, 5.41) is 0. The van der Waals surface area contributed by atoms with Crippen molar-refractivity contribution < 1.29 is 14.3 Å². The summed E-state index contributed by atoms with van der Waals surface area (Å²) in [6.07, 6.45) is 7.37. The first-order valence-corrected chi connectivity index (χ1v) is 6.36. The number of allylic oxidation sites excluding steroid dienone is 1. The summed E-state index contributed by atoms with van der Waals surface area (Å²) in [4.78, 5) is 23.1. The van der Waals surface area contributed by atoms with Crippen molar-refractivity contribution >= 4 is 11.8 Å². The van der Waals surface area contributed by atoms with Crippen molar-refractivity contribution in [3.05, 3.63) is 12.7 Å². The number of esters is 1. The van der Waals surface area contributed by atoms with Crippen LogP contribution in [0.1, 0.15) is 51.9 Å². The summed E-state index contributed by atoms with van der Waals surface area (Å²) in [7, 11) is 1.35. The summed E-state index contributed by atoms with van der Waals surface area (Å²) in [5.41, 5.74) is 0. The maximum atomic E-state index is 11.7. The van der Waals surface area contributed by atoms with Gasteiger partial charge in [0.1, 0.15) is 5.78 Å². The van der Waals surface area contributed by atoms with E-state index in [0.717, 1.165) is 19.3 Å². The van der Waals surface area contributed by atoms with Crippen molar-refractivity contribution in [3.63, 3.8) is 0 Å². The molecule has 0 saturated carbocycles. The number of carbonyl (C=O) groups is 2. The zero-order valence-corrected chi connectivity index (χ0v) is 11.0. The van der Waals surface area contributed by atoms with Crippen LogP contribution in [0.15, 0.2) is 12.7 Å². The number of methoxy groups -OCH3 is 1. The predicted octanol–water partition coefficient (Wildman–Crippen LogP) is 3.28. The lowest BCUT2D eigenvalue weighted by Gasteiger charge is -2.11. The molecule has 0 amide bonds. The Hall–Kier alpha value is -1.12. The summed E-state index contributed by atoms with van der Waals surface area (Å²) in [6.45, 7) is 5.73. The van der Waals surface area contributed by atoms with Crippen LogP contribution in [0.2, 0.25) is 0 Å². The minimum absolute atomic E-state index is 0.151. The first-order chi connectivity index (χ1) is 8.15. The number of hydrogen-bond donors (Lipinski definition) is 0. The van der Waals surface area contributed by atoms with Gasteiger partial charge in [-0.1, -0.05) is 32.3 Å². The quantitative estimate of drug-likeness (QED) is 0.334. The molecule has 0 saturated heterocycles. The smallest absolute Gasteiger partial charge is 0.309 e. The predicted molar refractivity (Wildman–Crippen MR) is 68.7 cm³/mol. The Balaban J connectivity index is 3.95. The highest BCUT2D eigenvalue weighted by Crippen LogP contribution is 2.14. The van der Waals surface area contributed by atoms with Gasteiger partial charge in [0.15, 0.2) is 0 Å². The van der Waals surface area contributed by atoms with Crippen molar-refractivity contribution in [2.45, 2.75) is 51.9 Å². The molecule has 0 aliphatic heterocycles. The highest BCUT2D eigenvalue weighted by Gasteiger charge is 2.20. The average Bonchev–Trinajstić information content (AvgIpc) is 2.33. The third-order valence-electron chi connectivity index (χ3n) is 2.77. The summed E-state index contributed by atoms with van der Waals surface area (Å²) < 4.78 is 4.67. The molecule has 1 atom stereocenters. The van der Waals surface area contributed by atoms with Crippen molar-refractivity contribution in [2.24, 2.45) is 5.92 Å². The van der Waals surface area contributed by atoms with Gasteiger partial charge in [0.2, 0.25) is 0 Å². The molecule has 0 heterocycles. The lowest BCUT2D eigenvalue weighted by Crippen LogP contribution is -2.19. The molecule has 3 heteroatoms. The van der Waals surface area contributed by atoms with Crippen LogP contribution in [0.5, 0.6) is 0 Å². The zero-order valence-electron chi connectivity index (χ0n) is 11.0. The van der Waals surface area contributed by atoms with Crippen LogP contribution in [-0.2, 0) is 14.3 Å². The van der Waals surface area contributed by atoms with E-state index in [0.29, 0.717) is 12.8 Å². The van der Waals surface area contributed by atoms with Gasteiger partial charge in [0.05, 0.1) is 13.0 Å². The average molecular weight is 240 g/mol. The van der Waals surface area contributed by atoms with Gasteiger partial charge in [-0.05, 0) is 12.8 Å². The van der Waals surface area contributed by atoms with E-state index in [1.165, 1.54) is 13.5 Å². The first-order valence-electron chi connectivity index (χ1n) is 6.36. The van der Waals surface area contributed by atoms with Crippen LogP contribution in [0.25, 0.3) is 0 Å². The maximum Gasteiger partial charge on any atom is 0.309 e. The van der Waals surface area contributed by atoms with Crippen molar-refractivity contribution in [3.8, 4) is 0 Å². The third-order valence-corrected chi connectivity index (χ3v) is 2.77. The van der Waals surface area contributed by atoms with Crippen LogP contribution >= 0.6 is 0 Å². The van der Waals surface area contributed by atoms with Crippen molar-refractivity contribution in [2.75, 3.05) is 7.11 Å². The van der Waals surface area contributed by atoms with Gasteiger partial charge in [-0.15, -0.1) is 6.58 Å². The largest absolute Gasteiger partial charge is 0.469 e. The molecule has 0 aromatic rings. The topological polar surface area (TPSA) is 43.4 Å². The Morgan fingerprint density at radius 1 is 1.29 bits per heavy atom. The molecule has 98 valence electrons. The van der Waals surface area contributed by atoms with Crippen LogP contribution < -0.4 is 0 Å². The zero-order chi connectivity index (χ0) is 13.1. The highest BCUT2D eigenvalue weighted by molar-refractivity contribution is 5.84. The molecular weight excluding hydrogens is 216 g/mol. The van der Waals surface area contributed by atoms with Crippen LogP contribution in [0, 0.1) is 5.92 Å². The third kappa shape index (κ3) is 7.72. The molecule has 1 unspecified atom stereocenters. The van der Waals surface area contributed by atoms with Gasteiger partial charge >= 0.3 is 5.97 Å². The van der Waals surface area contributed by atoms with Crippen molar-refractivity contribution in [1.29, 1.82) is 0 Å². The second kappa shape index (κ2) is 10.1. The summed E-state index contributed by atoms with van der Waals surface area (Å²) >= 11 is 0. The highest BCUT2D eigenvalue weighted by atomic mass is 16.5. The standard InChI is InChI=1S/C14H24O3/c1-4-6-7-8-10-13(15)11-12(9-5-2)14(16)17-3/h5,12H,2,4,6-11H2,1,3H3. The van der Waals surface area contributed by atoms with Crippen LogP contribution in [0.3, 0.4) is 0 Å². The van der Waals surface area contributed by atoms with E-state index in [9.17, 15) is 9.59 Å². The summed E-state index contributed by atoms with van der Waals surface area (Å²) in [5.74, 6) is -0.513. The second-order valence-corrected chi connectivity index (χ2v) is 4.30. The Morgan fingerprint density at radius 2 is 2.00 bits per heavy atom. The normalized spacial score (nSPS) is 11.9. The van der Waals surface area contributed by atoms with E-state index in [-0.39, 0.29) is 24.1 Å². The number of Topliss-reactive ketones (excluding diaryl/α,β-unsaturated/α-hetero) is 1. The van der Waals surface area contributed by atoms with E-state index in [2.05, 4.69) is 18.2 Å². The van der Waals surface area contributed by atoms with Gasteiger partial charge in [-0.3, -0.25) is 9.59 Å². The Morgan fingerprint density at radius 3 is 2.53 bits per heavy atom. The van der Waals surface area contributed by atoms with Gasteiger partial charge in [-0.25, -0.2) is 0 Å². The molecule has 0 radical (unpaired) electrons. The van der Waals surface area contributed by atoms with E-state index in [1.807, 2.05) is 0 Å². The molecule has 0 bridgehead atoms.